The summed E-state index contributed by atoms with van der Waals surface area (Å²) in [5, 5.41) is 0. The number of allylic oxidation sites excluding steroid dienone is 6. The number of carbonyl (C=O) groups is 2. The molecule has 0 spiro atoms. The average molecular weight is 358 g/mol. The van der Waals surface area contributed by atoms with Crippen LogP contribution in [0.2, 0.25) is 0 Å². The minimum absolute atomic E-state index is 0.583. The second-order valence-electron chi connectivity index (χ2n) is 5.49. The van der Waals surface area contributed by atoms with Crippen LogP contribution in [0.1, 0.15) is 41.5 Å². The maximum atomic E-state index is 13.1. The Hall–Kier alpha value is -2.62. The smallest absolute Gasteiger partial charge is 0.326 e. The van der Waals surface area contributed by atoms with Crippen LogP contribution in [-0.2, 0) is 19.1 Å². The molecule has 0 unspecified atom stereocenters. The monoisotopic (exact) mass is 358 g/mol. The van der Waals surface area contributed by atoms with Crippen LogP contribution < -0.4 is 0 Å². The van der Waals surface area contributed by atoms with Gasteiger partial charge in [-0.05, 0) is 41.5 Å². The maximum absolute atomic E-state index is 13.1. The Morgan fingerprint density at radius 1 is 0.538 bits per heavy atom. The Labute approximate surface area is 157 Å². The van der Waals surface area contributed by atoms with E-state index in [4.69, 9.17) is 9.47 Å². The van der Waals surface area contributed by atoms with Gasteiger partial charge in [0.15, 0.2) is 0 Å². The predicted molar refractivity (Wildman–Crippen MR) is 106 cm³/mol. The van der Waals surface area contributed by atoms with Gasteiger partial charge in [-0.3, -0.25) is 9.59 Å². The Morgan fingerprint density at radius 3 is 1.00 bits per heavy atom. The summed E-state index contributed by atoms with van der Waals surface area (Å²) in [6.45, 7) is 10.6. The molecule has 0 atom stereocenters. The quantitative estimate of drug-likeness (QED) is 0.314. The van der Waals surface area contributed by atoms with Crippen LogP contribution in [0.4, 0.5) is 0 Å². The number of carbonyl (C=O) groups excluding carboxylic acids is 2. The van der Waals surface area contributed by atoms with Crippen molar-refractivity contribution in [3.05, 3.63) is 73.3 Å². The summed E-state index contributed by atoms with van der Waals surface area (Å²) in [4.78, 5) is 26.2. The molecule has 0 rings (SSSR count). The fourth-order valence-corrected chi connectivity index (χ4v) is 2.78. The first kappa shape index (κ1) is 23.4. The first-order valence-electron chi connectivity index (χ1n) is 8.66. The highest BCUT2D eigenvalue weighted by Crippen LogP contribution is 2.47. The van der Waals surface area contributed by atoms with E-state index in [1.165, 1.54) is 12.5 Å². The lowest BCUT2D eigenvalue weighted by Crippen LogP contribution is -2.49. The molecular weight excluding hydrogens is 328 g/mol. The summed E-state index contributed by atoms with van der Waals surface area (Å²) >= 11 is 0. The molecule has 0 aliphatic heterocycles. The maximum Gasteiger partial charge on any atom is 0.326 e. The molecule has 0 aliphatic carbocycles. The van der Waals surface area contributed by atoms with Gasteiger partial charge >= 0.3 is 11.9 Å². The van der Waals surface area contributed by atoms with E-state index in [1.54, 1.807) is 102 Å². The van der Waals surface area contributed by atoms with Gasteiger partial charge in [-0.25, -0.2) is 0 Å². The molecule has 0 heterocycles. The van der Waals surface area contributed by atoms with E-state index >= 15 is 0 Å². The zero-order valence-corrected chi connectivity index (χ0v) is 16.6. The Morgan fingerprint density at radius 2 is 0.808 bits per heavy atom. The number of hydrogen-bond acceptors (Lipinski definition) is 4. The van der Waals surface area contributed by atoms with Gasteiger partial charge in [0, 0.05) is 0 Å². The lowest BCUT2D eigenvalue weighted by atomic mass is 9.62. The Balaban J connectivity index is 6.94. The molecular formula is C22H30O4. The van der Waals surface area contributed by atoms with E-state index in [2.05, 4.69) is 0 Å². The van der Waals surface area contributed by atoms with Crippen LogP contribution in [0, 0.1) is 10.8 Å². The van der Waals surface area contributed by atoms with E-state index in [-0.39, 0.29) is 0 Å². The third kappa shape index (κ3) is 4.94. The fraction of sp³-hybridized carbons (Fsp3) is 0.364. The highest BCUT2D eigenvalue weighted by atomic mass is 16.5. The van der Waals surface area contributed by atoms with Gasteiger partial charge in [-0.2, -0.15) is 0 Å². The largest absolute Gasteiger partial charge is 0.434 e. The molecule has 0 fully saturated rings. The summed E-state index contributed by atoms with van der Waals surface area (Å²) in [5.74, 6) is -1.17. The second kappa shape index (κ2) is 11.9. The van der Waals surface area contributed by atoms with Crippen LogP contribution in [0.3, 0.4) is 0 Å². The van der Waals surface area contributed by atoms with Crippen LogP contribution >= 0.6 is 0 Å². The van der Waals surface area contributed by atoms with E-state index in [1.807, 2.05) is 0 Å². The molecule has 0 aromatic rings. The van der Waals surface area contributed by atoms with E-state index in [0.717, 1.165) is 0 Å². The summed E-state index contributed by atoms with van der Waals surface area (Å²) < 4.78 is 10.6. The van der Waals surface area contributed by atoms with Gasteiger partial charge in [0.05, 0.1) is 12.5 Å². The number of ether oxygens (including phenoxy) is 2. The van der Waals surface area contributed by atoms with Crippen molar-refractivity contribution in [1.82, 2.24) is 0 Å². The lowest BCUT2D eigenvalue weighted by Gasteiger charge is -2.39. The molecule has 142 valence electrons. The van der Waals surface area contributed by atoms with Crippen LogP contribution in [-0.4, -0.2) is 11.9 Å². The molecule has 26 heavy (non-hydrogen) atoms. The summed E-state index contributed by atoms with van der Waals surface area (Å²) in [6, 6.07) is 0. The van der Waals surface area contributed by atoms with Crippen molar-refractivity contribution in [2.75, 3.05) is 0 Å². The molecule has 0 bridgehead atoms. The molecule has 0 saturated carbocycles. The summed E-state index contributed by atoms with van der Waals surface area (Å²) in [6.07, 6.45) is 19.4. The first-order valence-corrected chi connectivity index (χ1v) is 8.66. The number of hydrogen-bond donors (Lipinski definition) is 0. The van der Waals surface area contributed by atoms with E-state index in [9.17, 15) is 9.59 Å². The standard InChI is InChI=1S/C22H30O4/c1-7-13-21(14-8-2,19(23)25-17-11-5)22(15-9-3,16-10-4)20(24)26-18-12-6/h7-18H,1-6H3. The average Bonchev–Trinajstić information content (AvgIpc) is 2.63. The van der Waals surface area contributed by atoms with Crippen molar-refractivity contribution in [3.63, 3.8) is 0 Å². The molecule has 0 aromatic carbocycles. The Kier molecular flexibility index (Phi) is 10.7. The third-order valence-electron chi connectivity index (χ3n) is 3.70. The van der Waals surface area contributed by atoms with Gasteiger partial charge < -0.3 is 9.47 Å². The van der Waals surface area contributed by atoms with Gasteiger partial charge in [-0.1, -0.05) is 60.8 Å². The lowest BCUT2D eigenvalue weighted by molar-refractivity contribution is -0.159. The second-order valence-corrected chi connectivity index (χ2v) is 5.49. The highest BCUT2D eigenvalue weighted by molar-refractivity contribution is 5.95. The molecule has 0 aliphatic rings. The molecule has 0 radical (unpaired) electrons. The highest BCUT2D eigenvalue weighted by Gasteiger charge is 2.57. The van der Waals surface area contributed by atoms with Crippen molar-refractivity contribution in [1.29, 1.82) is 0 Å². The fourth-order valence-electron chi connectivity index (χ4n) is 2.78. The zero-order chi connectivity index (χ0) is 20.1. The van der Waals surface area contributed by atoms with Crippen molar-refractivity contribution in [3.8, 4) is 0 Å². The number of esters is 2. The first-order chi connectivity index (χ1) is 12.5. The van der Waals surface area contributed by atoms with Crippen LogP contribution in [0.5, 0.6) is 0 Å². The van der Waals surface area contributed by atoms with Crippen molar-refractivity contribution in [2.45, 2.75) is 41.5 Å². The molecule has 0 aromatic heterocycles. The third-order valence-corrected chi connectivity index (χ3v) is 3.70. The van der Waals surface area contributed by atoms with Gasteiger partial charge in [0.2, 0.25) is 0 Å². The molecule has 4 heteroatoms. The minimum Gasteiger partial charge on any atom is -0.434 e. The minimum atomic E-state index is -1.41. The van der Waals surface area contributed by atoms with E-state index in [0.29, 0.717) is 0 Å². The predicted octanol–water partition coefficient (Wildman–Crippen LogP) is 5.42. The van der Waals surface area contributed by atoms with Crippen molar-refractivity contribution >= 4 is 11.9 Å². The van der Waals surface area contributed by atoms with Crippen LogP contribution in [0.25, 0.3) is 0 Å². The number of rotatable bonds is 9. The van der Waals surface area contributed by atoms with Gasteiger partial charge in [0.25, 0.3) is 0 Å². The molecule has 0 N–H and O–H groups in total. The normalized spacial score (nSPS) is 17.6. The molecule has 4 nitrogen and oxygen atoms in total. The zero-order valence-electron chi connectivity index (χ0n) is 16.6. The van der Waals surface area contributed by atoms with Crippen LogP contribution in [0.15, 0.2) is 73.3 Å². The molecule has 0 amide bonds. The van der Waals surface area contributed by atoms with Gasteiger partial charge in [-0.15, -0.1) is 0 Å². The molecule has 0 saturated heterocycles. The van der Waals surface area contributed by atoms with Crippen molar-refractivity contribution < 1.29 is 19.1 Å². The summed E-state index contributed by atoms with van der Waals surface area (Å²) in [5.41, 5.74) is -2.82. The SMILES string of the molecule is CC=COC(=O)C(C=CC)(C=CC)C(C=CC)(C=CC)C(=O)OC=CC. The summed E-state index contributed by atoms with van der Waals surface area (Å²) in [7, 11) is 0. The van der Waals surface area contributed by atoms with Crippen molar-refractivity contribution in [2.24, 2.45) is 10.8 Å². The Bertz CT molecular complexity index is 551. The topological polar surface area (TPSA) is 52.6 Å². The van der Waals surface area contributed by atoms with E-state index < -0.39 is 22.8 Å². The van der Waals surface area contributed by atoms with Gasteiger partial charge in [0.1, 0.15) is 10.8 Å².